The first-order valence-electron chi connectivity index (χ1n) is 7.02. The lowest BCUT2D eigenvalue weighted by Crippen LogP contribution is -2.38. The van der Waals surface area contributed by atoms with Gasteiger partial charge in [-0.15, -0.1) is 0 Å². The van der Waals surface area contributed by atoms with Crippen molar-refractivity contribution in [2.24, 2.45) is 0 Å². The van der Waals surface area contributed by atoms with Gasteiger partial charge in [0.2, 0.25) is 5.75 Å². The van der Waals surface area contributed by atoms with E-state index >= 15 is 0 Å². The van der Waals surface area contributed by atoms with Crippen molar-refractivity contribution in [2.45, 2.75) is 45.7 Å². The van der Waals surface area contributed by atoms with Crippen molar-refractivity contribution in [3.05, 3.63) is 17.7 Å². The van der Waals surface area contributed by atoms with E-state index in [0.717, 1.165) is 30.7 Å². The third-order valence-corrected chi connectivity index (χ3v) is 3.42. The zero-order chi connectivity index (χ0) is 15.2. The maximum absolute atomic E-state index is 5.49. The van der Waals surface area contributed by atoms with Crippen LogP contribution in [0.2, 0.25) is 0 Å². The van der Waals surface area contributed by atoms with E-state index in [4.69, 9.17) is 14.2 Å². The summed E-state index contributed by atoms with van der Waals surface area (Å²) < 4.78 is 16.2. The molecule has 0 aliphatic heterocycles. The predicted octanol–water partition coefficient (Wildman–Crippen LogP) is 3.38. The Morgan fingerprint density at radius 1 is 1.00 bits per heavy atom. The lowest BCUT2D eigenvalue weighted by Gasteiger charge is -2.26. The van der Waals surface area contributed by atoms with Gasteiger partial charge in [0.05, 0.1) is 21.3 Å². The molecule has 0 aliphatic carbocycles. The van der Waals surface area contributed by atoms with Gasteiger partial charge in [0.15, 0.2) is 11.5 Å². The van der Waals surface area contributed by atoms with Crippen molar-refractivity contribution in [2.75, 3.05) is 21.3 Å². The summed E-state index contributed by atoms with van der Waals surface area (Å²) >= 11 is 0. The van der Waals surface area contributed by atoms with E-state index in [1.807, 2.05) is 12.1 Å². The Balaban J connectivity index is 2.95. The van der Waals surface area contributed by atoms with Gasteiger partial charge in [0.1, 0.15) is 0 Å². The summed E-state index contributed by atoms with van der Waals surface area (Å²) in [4.78, 5) is 0. The first-order valence-corrected chi connectivity index (χ1v) is 7.02. The van der Waals surface area contributed by atoms with Crippen LogP contribution in [0.5, 0.6) is 17.2 Å². The lowest BCUT2D eigenvalue weighted by atomic mass is 9.98. The van der Waals surface area contributed by atoms with Crippen molar-refractivity contribution in [1.29, 1.82) is 0 Å². The standard InChI is InChI=1S/C16H27NO3/c1-7-10-16(2,3)17-11-12-8-9-13(18-4)15(20-6)14(12)19-5/h8-9,17H,7,10-11H2,1-6H3. The van der Waals surface area contributed by atoms with Gasteiger partial charge in [0, 0.05) is 17.6 Å². The van der Waals surface area contributed by atoms with Crippen molar-refractivity contribution in [3.63, 3.8) is 0 Å². The topological polar surface area (TPSA) is 39.7 Å². The highest BCUT2D eigenvalue weighted by Crippen LogP contribution is 2.39. The Morgan fingerprint density at radius 2 is 1.65 bits per heavy atom. The summed E-state index contributed by atoms with van der Waals surface area (Å²) in [5.74, 6) is 2.05. The SMILES string of the molecule is CCCC(C)(C)NCc1ccc(OC)c(OC)c1OC. The molecule has 0 fully saturated rings. The number of nitrogens with one attached hydrogen (secondary N) is 1. The molecule has 0 radical (unpaired) electrons. The second-order valence-corrected chi connectivity index (χ2v) is 5.48. The average molecular weight is 281 g/mol. The molecule has 0 amide bonds. The molecule has 1 N–H and O–H groups in total. The minimum absolute atomic E-state index is 0.104. The average Bonchev–Trinajstić information content (AvgIpc) is 2.43. The van der Waals surface area contributed by atoms with Crippen LogP contribution in [-0.2, 0) is 6.54 Å². The van der Waals surface area contributed by atoms with E-state index in [9.17, 15) is 0 Å². The van der Waals surface area contributed by atoms with Crippen LogP contribution in [0.1, 0.15) is 39.2 Å². The number of benzene rings is 1. The second kappa shape index (κ2) is 7.39. The molecule has 4 nitrogen and oxygen atoms in total. The number of ether oxygens (including phenoxy) is 3. The van der Waals surface area contributed by atoms with Gasteiger partial charge in [-0.2, -0.15) is 0 Å². The maximum atomic E-state index is 5.49. The Morgan fingerprint density at radius 3 is 2.15 bits per heavy atom. The maximum Gasteiger partial charge on any atom is 0.203 e. The molecule has 0 aliphatic rings. The molecule has 0 aromatic heterocycles. The molecule has 4 heteroatoms. The Hall–Kier alpha value is -1.42. The van der Waals surface area contributed by atoms with E-state index < -0.39 is 0 Å². The number of hydrogen-bond acceptors (Lipinski definition) is 4. The van der Waals surface area contributed by atoms with Crippen LogP contribution in [0.15, 0.2) is 12.1 Å². The van der Waals surface area contributed by atoms with Crippen molar-refractivity contribution < 1.29 is 14.2 Å². The smallest absolute Gasteiger partial charge is 0.203 e. The molecule has 0 atom stereocenters. The molecule has 0 unspecified atom stereocenters. The van der Waals surface area contributed by atoms with E-state index in [2.05, 4.69) is 26.1 Å². The number of hydrogen-bond donors (Lipinski definition) is 1. The summed E-state index contributed by atoms with van der Waals surface area (Å²) in [6, 6.07) is 3.92. The Kier molecular flexibility index (Phi) is 6.14. The van der Waals surface area contributed by atoms with Crippen LogP contribution in [0.25, 0.3) is 0 Å². The highest BCUT2D eigenvalue weighted by atomic mass is 16.5. The number of rotatable bonds is 8. The van der Waals surface area contributed by atoms with E-state index in [-0.39, 0.29) is 5.54 Å². The third-order valence-electron chi connectivity index (χ3n) is 3.42. The highest BCUT2D eigenvalue weighted by molar-refractivity contribution is 5.55. The van der Waals surface area contributed by atoms with Crippen LogP contribution in [0.4, 0.5) is 0 Å². The van der Waals surface area contributed by atoms with Gasteiger partial charge in [0.25, 0.3) is 0 Å². The van der Waals surface area contributed by atoms with Crippen molar-refractivity contribution in [3.8, 4) is 17.2 Å². The van der Waals surface area contributed by atoms with Gasteiger partial charge in [-0.3, -0.25) is 0 Å². The highest BCUT2D eigenvalue weighted by Gasteiger charge is 2.19. The van der Waals surface area contributed by atoms with E-state index in [1.165, 1.54) is 0 Å². The first kappa shape index (κ1) is 16.6. The molecule has 1 aromatic rings. The largest absolute Gasteiger partial charge is 0.493 e. The summed E-state index contributed by atoms with van der Waals surface area (Å²) in [5, 5.41) is 3.56. The fourth-order valence-electron chi connectivity index (χ4n) is 2.35. The van der Waals surface area contributed by atoms with Gasteiger partial charge in [-0.05, 0) is 26.3 Å². The Bertz CT molecular complexity index is 430. The summed E-state index contributed by atoms with van der Waals surface area (Å²) in [6.45, 7) is 7.35. The molecule has 1 aromatic carbocycles. The molecule has 1 rings (SSSR count). The summed E-state index contributed by atoms with van der Waals surface area (Å²) in [7, 11) is 4.90. The van der Waals surface area contributed by atoms with E-state index in [1.54, 1.807) is 21.3 Å². The fraction of sp³-hybridized carbons (Fsp3) is 0.625. The van der Waals surface area contributed by atoms with Crippen LogP contribution in [0.3, 0.4) is 0 Å². The molecule has 0 bridgehead atoms. The monoisotopic (exact) mass is 281 g/mol. The van der Waals surface area contributed by atoms with Crippen LogP contribution < -0.4 is 19.5 Å². The van der Waals surface area contributed by atoms with E-state index in [0.29, 0.717) is 11.5 Å². The molecule has 0 saturated carbocycles. The van der Waals surface area contributed by atoms with Crippen LogP contribution in [0, 0.1) is 0 Å². The normalized spacial score (nSPS) is 11.3. The summed E-state index contributed by atoms with van der Waals surface area (Å²) in [5.41, 5.74) is 1.17. The molecule has 0 heterocycles. The predicted molar refractivity (Wildman–Crippen MR) is 81.9 cm³/mol. The fourth-order valence-corrected chi connectivity index (χ4v) is 2.35. The zero-order valence-electron chi connectivity index (χ0n) is 13.5. The van der Waals surface area contributed by atoms with Gasteiger partial charge < -0.3 is 19.5 Å². The Labute approximate surface area is 122 Å². The molecule has 0 spiro atoms. The molecular weight excluding hydrogens is 254 g/mol. The minimum Gasteiger partial charge on any atom is -0.493 e. The van der Waals surface area contributed by atoms with Crippen LogP contribution in [-0.4, -0.2) is 26.9 Å². The second-order valence-electron chi connectivity index (χ2n) is 5.48. The van der Waals surface area contributed by atoms with Crippen molar-refractivity contribution >= 4 is 0 Å². The quantitative estimate of drug-likeness (QED) is 0.793. The first-order chi connectivity index (χ1) is 9.49. The summed E-state index contributed by atoms with van der Waals surface area (Å²) in [6.07, 6.45) is 2.28. The van der Waals surface area contributed by atoms with Crippen LogP contribution >= 0.6 is 0 Å². The van der Waals surface area contributed by atoms with Crippen molar-refractivity contribution in [1.82, 2.24) is 5.32 Å². The number of methoxy groups -OCH3 is 3. The molecule has 20 heavy (non-hydrogen) atoms. The van der Waals surface area contributed by atoms with Gasteiger partial charge in [-0.25, -0.2) is 0 Å². The van der Waals surface area contributed by atoms with Gasteiger partial charge in [-0.1, -0.05) is 19.4 Å². The molecule has 114 valence electrons. The third kappa shape index (κ3) is 4.04. The molecule has 0 saturated heterocycles. The van der Waals surface area contributed by atoms with Gasteiger partial charge >= 0.3 is 0 Å². The lowest BCUT2D eigenvalue weighted by molar-refractivity contribution is 0.316. The zero-order valence-corrected chi connectivity index (χ0v) is 13.5. The molecular formula is C16H27NO3. The minimum atomic E-state index is 0.104.